The third kappa shape index (κ3) is 1.84. The highest BCUT2D eigenvalue weighted by molar-refractivity contribution is 7.82. The number of benzene rings is 1. The van der Waals surface area contributed by atoms with Crippen molar-refractivity contribution in [3.05, 3.63) is 35.9 Å². The van der Waals surface area contributed by atoms with Crippen molar-refractivity contribution in [2.75, 3.05) is 6.54 Å². The van der Waals surface area contributed by atoms with E-state index >= 15 is 0 Å². The van der Waals surface area contributed by atoms with Crippen LogP contribution in [-0.2, 0) is 9.54 Å². The van der Waals surface area contributed by atoms with E-state index in [0.29, 0.717) is 5.56 Å². The molecule has 0 fully saturated rings. The van der Waals surface area contributed by atoms with E-state index in [0.717, 1.165) is 0 Å². The fourth-order valence-corrected chi connectivity index (χ4v) is 1.19. The lowest BCUT2D eigenvalue weighted by molar-refractivity contribution is -0.139. The van der Waals surface area contributed by atoms with E-state index in [1.54, 1.807) is 24.3 Å². The molecule has 1 aromatic carbocycles. The van der Waals surface area contributed by atoms with Crippen LogP contribution in [0.1, 0.15) is 5.56 Å². The van der Waals surface area contributed by atoms with Gasteiger partial charge < -0.3 is 10.8 Å². The van der Waals surface area contributed by atoms with Crippen molar-refractivity contribution in [2.45, 2.75) is 4.75 Å². The van der Waals surface area contributed by atoms with Crippen LogP contribution < -0.4 is 5.73 Å². The fraction of sp³-hybridized carbons (Fsp3) is 0.222. The third-order valence-corrected chi connectivity index (χ3v) is 2.53. The van der Waals surface area contributed by atoms with Crippen LogP contribution in [0.4, 0.5) is 0 Å². The molecule has 0 aliphatic rings. The molecule has 0 heterocycles. The molecular weight excluding hydrogens is 186 g/mol. The summed E-state index contributed by atoms with van der Waals surface area (Å²) in [5.74, 6) is -1.02. The molecule has 0 aromatic heterocycles. The van der Waals surface area contributed by atoms with Crippen LogP contribution in [-0.4, -0.2) is 17.6 Å². The zero-order valence-electron chi connectivity index (χ0n) is 6.97. The lowest BCUT2D eigenvalue weighted by Gasteiger charge is -2.21. The molecule has 0 saturated carbocycles. The van der Waals surface area contributed by atoms with Gasteiger partial charge in [-0.1, -0.05) is 30.3 Å². The highest BCUT2D eigenvalue weighted by Crippen LogP contribution is 2.27. The first-order chi connectivity index (χ1) is 6.11. The third-order valence-electron chi connectivity index (χ3n) is 1.90. The Morgan fingerprint density at radius 3 is 2.38 bits per heavy atom. The van der Waals surface area contributed by atoms with E-state index in [1.165, 1.54) is 0 Å². The Morgan fingerprint density at radius 2 is 2.00 bits per heavy atom. The Balaban J connectivity index is 3.11. The quantitative estimate of drug-likeness (QED) is 0.630. The highest BCUT2D eigenvalue weighted by atomic mass is 32.1. The van der Waals surface area contributed by atoms with Crippen LogP contribution in [0.3, 0.4) is 0 Å². The van der Waals surface area contributed by atoms with Gasteiger partial charge in [0.25, 0.3) is 0 Å². The Hall–Kier alpha value is -1.00. The number of rotatable bonds is 3. The number of hydrogen-bond acceptors (Lipinski definition) is 3. The molecule has 0 bridgehead atoms. The molecule has 70 valence electrons. The van der Waals surface area contributed by atoms with Gasteiger partial charge in [-0.15, -0.1) is 0 Å². The molecule has 1 aromatic rings. The van der Waals surface area contributed by atoms with E-state index in [-0.39, 0.29) is 6.54 Å². The lowest BCUT2D eigenvalue weighted by Crippen LogP contribution is -2.37. The van der Waals surface area contributed by atoms with Crippen molar-refractivity contribution < 1.29 is 9.90 Å². The molecule has 0 aliphatic carbocycles. The molecule has 3 nitrogen and oxygen atoms in total. The minimum absolute atomic E-state index is 0.0323. The van der Waals surface area contributed by atoms with Gasteiger partial charge in [-0.2, -0.15) is 12.6 Å². The maximum absolute atomic E-state index is 10.9. The Morgan fingerprint density at radius 1 is 1.46 bits per heavy atom. The number of hydrogen-bond donors (Lipinski definition) is 3. The first-order valence-corrected chi connectivity index (χ1v) is 4.27. The summed E-state index contributed by atoms with van der Waals surface area (Å²) in [4.78, 5) is 10.9. The number of carboxylic acid groups (broad SMARTS) is 1. The second kappa shape index (κ2) is 3.81. The zero-order chi connectivity index (χ0) is 9.90. The smallest absolute Gasteiger partial charge is 0.325 e. The Kier molecular flexibility index (Phi) is 2.95. The topological polar surface area (TPSA) is 63.3 Å². The monoisotopic (exact) mass is 197 g/mol. The summed E-state index contributed by atoms with van der Waals surface area (Å²) in [7, 11) is 0. The first-order valence-electron chi connectivity index (χ1n) is 3.82. The summed E-state index contributed by atoms with van der Waals surface area (Å²) >= 11 is 4.08. The van der Waals surface area contributed by atoms with Gasteiger partial charge >= 0.3 is 5.97 Å². The predicted octanol–water partition coefficient (Wildman–Crippen LogP) is 0.855. The summed E-state index contributed by atoms with van der Waals surface area (Å²) in [6.07, 6.45) is 0. The second-order valence-corrected chi connectivity index (χ2v) is 3.50. The SMILES string of the molecule is NCC(S)(C(=O)O)c1ccccc1. The van der Waals surface area contributed by atoms with Crippen molar-refractivity contribution in [3.63, 3.8) is 0 Å². The van der Waals surface area contributed by atoms with Crippen LogP contribution in [0.25, 0.3) is 0 Å². The van der Waals surface area contributed by atoms with Gasteiger partial charge in [-0.3, -0.25) is 4.79 Å². The summed E-state index contributed by atoms with van der Waals surface area (Å²) in [6.45, 7) is -0.0323. The van der Waals surface area contributed by atoms with Gasteiger partial charge in [0.15, 0.2) is 0 Å². The summed E-state index contributed by atoms with van der Waals surface area (Å²) < 4.78 is -1.28. The van der Waals surface area contributed by atoms with Crippen LogP contribution >= 0.6 is 12.6 Å². The minimum Gasteiger partial charge on any atom is -0.480 e. The molecule has 0 saturated heterocycles. The van der Waals surface area contributed by atoms with Crippen molar-refractivity contribution in [1.29, 1.82) is 0 Å². The van der Waals surface area contributed by atoms with E-state index in [2.05, 4.69) is 12.6 Å². The van der Waals surface area contributed by atoms with Gasteiger partial charge in [0, 0.05) is 6.54 Å². The van der Waals surface area contributed by atoms with Crippen molar-refractivity contribution in [1.82, 2.24) is 0 Å². The molecule has 13 heavy (non-hydrogen) atoms. The van der Waals surface area contributed by atoms with E-state index in [9.17, 15) is 4.79 Å². The number of carbonyl (C=O) groups is 1. The van der Waals surface area contributed by atoms with Gasteiger partial charge in [-0.25, -0.2) is 0 Å². The molecule has 0 aliphatic heterocycles. The summed E-state index contributed by atoms with van der Waals surface area (Å²) in [5, 5.41) is 8.93. The first kappa shape index (κ1) is 10.1. The maximum atomic E-state index is 10.9. The van der Waals surface area contributed by atoms with Crippen molar-refractivity contribution in [2.24, 2.45) is 5.73 Å². The Labute approximate surface area is 82.0 Å². The molecule has 0 radical (unpaired) electrons. The van der Waals surface area contributed by atoms with E-state index in [1.807, 2.05) is 6.07 Å². The molecule has 0 amide bonds. The lowest BCUT2D eigenvalue weighted by atomic mass is 9.98. The molecule has 1 atom stereocenters. The number of aliphatic carboxylic acids is 1. The standard InChI is InChI=1S/C9H11NO2S/c10-6-9(13,8(11)12)7-4-2-1-3-5-7/h1-5,13H,6,10H2,(H,11,12). The van der Waals surface area contributed by atoms with Crippen molar-refractivity contribution >= 4 is 18.6 Å². The van der Waals surface area contributed by atoms with Gasteiger partial charge in [0.05, 0.1) is 0 Å². The molecule has 1 rings (SSSR count). The summed E-state index contributed by atoms with van der Waals surface area (Å²) in [6, 6.07) is 8.75. The van der Waals surface area contributed by atoms with Gasteiger partial charge in [-0.05, 0) is 5.56 Å². The number of thiol groups is 1. The fourth-order valence-electron chi connectivity index (χ4n) is 1.04. The molecular formula is C9H11NO2S. The largest absolute Gasteiger partial charge is 0.480 e. The zero-order valence-corrected chi connectivity index (χ0v) is 7.87. The molecule has 0 spiro atoms. The Bertz CT molecular complexity index is 302. The number of nitrogens with two attached hydrogens (primary N) is 1. The predicted molar refractivity (Wildman–Crippen MR) is 53.8 cm³/mol. The van der Waals surface area contributed by atoms with Crippen LogP contribution in [0.15, 0.2) is 30.3 Å². The highest BCUT2D eigenvalue weighted by Gasteiger charge is 2.34. The average Bonchev–Trinajstić information content (AvgIpc) is 2.17. The second-order valence-electron chi connectivity index (χ2n) is 2.74. The van der Waals surface area contributed by atoms with Gasteiger partial charge in [0.1, 0.15) is 4.75 Å². The van der Waals surface area contributed by atoms with Crippen LogP contribution in [0, 0.1) is 0 Å². The average molecular weight is 197 g/mol. The molecule has 1 unspecified atom stereocenters. The van der Waals surface area contributed by atoms with Gasteiger partial charge in [0.2, 0.25) is 0 Å². The number of carboxylic acids is 1. The molecule has 3 N–H and O–H groups in total. The van der Waals surface area contributed by atoms with Crippen LogP contribution in [0.2, 0.25) is 0 Å². The van der Waals surface area contributed by atoms with Crippen LogP contribution in [0.5, 0.6) is 0 Å². The summed E-state index contributed by atoms with van der Waals surface area (Å²) in [5.41, 5.74) is 5.99. The maximum Gasteiger partial charge on any atom is 0.325 e. The normalized spacial score (nSPS) is 14.9. The molecule has 4 heteroatoms. The minimum atomic E-state index is -1.28. The van der Waals surface area contributed by atoms with E-state index < -0.39 is 10.7 Å². The van der Waals surface area contributed by atoms with Crippen molar-refractivity contribution in [3.8, 4) is 0 Å². The van der Waals surface area contributed by atoms with E-state index in [4.69, 9.17) is 10.8 Å².